The maximum absolute atomic E-state index is 12.2. The first-order chi connectivity index (χ1) is 19.8. The van der Waals surface area contributed by atoms with Crippen LogP contribution in [0.1, 0.15) is 47.6 Å². The number of aliphatic carboxylic acids is 1. The third-order valence-electron chi connectivity index (χ3n) is 7.87. The van der Waals surface area contributed by atoms with Gasteiger partial charge in [0.05, 0.1) is 0 Å². The van der Waals surface area contributed by atoms with Gasteiger partial charge in [-0.2, -0.15) is 0 Å². The molecule has 211 valence electrons. The van der Waals surface area contributed by atoms with E-state index >= 15 is 0 Å². The number of carboxylic acids is 1. The molecule has 1 amide bonds. The first-order valence-electron chi connectivity index (χ1n) is 13.2. The number of nitrogens with zero attached hydrogens (tertiary/aromatic N) is 3. The Morgan fingerprint density at radius 1 is 1.12 bits per heavy atom. The van der Waals surface area contributed by atoms with Crippen LogP contribution in [-0.2, 0) is 31.3 Å². The fourth-order valence-electron chi connectivity index (χ4n) is 5.93. The molecule has 0 saturated carbocycles. The zero-order valence-electron chi connectivity index (χ0n) is 21.8. The first-order valence-corrected chi connectivity index (χ1v) is 14.5. The molecule has 7 nitrogen and oxygen atoms in total. The molecule has 6 rings (SSSR count). The van der Waals surface area contributed by atoms with Gasteiger partial charge in [0.2, 0.25) is 0 Å². The quantitative estimate of drug-likeness (QED) is 0.246. The summed E-state index contributed by atoms with van der Waals surface area (Å²) in [5.74, 6) is -0.356. The summed E-state index contributed by atoms with van der Waals surface area (Å²) < 4.78 is 8.68. The molecular formula is C31H25Cl2CoN3O4. The van der Waals surface area contributed by atoms with Gasteiger partial charge in [-0.15, -0.1) is 0 Å². The number of carboxylic acid groups (broad SMARTS) is 1. The second-order valence-electron chi connectivity index (χ2n) is 10.2. The number of carbonyl (C=O) groups excluding carboxylic acids is 1. The molecular weight excluding hydrogens is 608 g/mol. The molecule has 0 unspecified atom stereocenters. The average Bonchev–Trinajstić information content (AvgIpc) is 3.57. The molecule has 1 saturated heterocycles. The number of aryl methyl sites for hydroxylation is 1. The molecule has 0 spiro atoms. The molecule has 2 aromatic heterocycles. The molecule has 41 heavy (non-hydrogen) atoms. The van der Waals surface area contributed by atoms with Crippen LogP contribution in [0.4, 0.5) is 0 Å². The predicted octanol–water partition coefficient (Wildman–Crippen LogP) is 6.48. The fraction of sp³-hybridized carbons (Fsp3) is 0.226. The third-order valence-corrected chi connectivity index (χ3v) is 8.93. The topological polar surface area (TPSA) is 88.6 Å². The predicted molar refractivity (Wildman–Crippen MR) is 156 cm³/mol. The number of hydrogen-bond donors (Lipinski definition) is 1. The number of piperidine rings is 1. The van der Waals surface area contributed by atoms with Crippen LogP contribution < -0.4 is 0 Å². The van der Waals surface area contributed by atoms with Crippen molar-refractivity contribution in [2.75, 3.05) is 13.1 Å². The monoisotopic (exact) mass is 632 g/mol. The van der Waals surface area contributed by atoms with E-state index in [0.29, 0.717) is 70.4 Å². The van der Waals surface area contributed by atoms with Gasteiger partial charge < -0.3 is 0 Å². The number of hydrogen-bond acceptors (Lipinski definition) is 4. The number of benzene rings is 2. The Morgan fingerprint density at radius 3 is 2.61 bits per heavy atom. The van der Waals surface area contributed by atoms with Gasteiger partial charge in [-0.25, -0.2) is 0 Å². The molecule has 3 heterocycles. The average molecular weight is 633 g/mol. The summed E-state index contributed by atoms with van der Waals surface area (Å²) in [5.41, 5.74) is 5.67. The Labute approximate surface area is 254 Å². The number of carbonyl (C=O) groups is 2. The molecule has 0 atom stereocenters. The van der Waals surface area contributed by atoms with Crippen molar-refractivity contribution in [1.82, 2.24) is 14.6 Å². The first kappa shape index (κ1) is 27.7. The summed E-state index contributed by atoms with van der Waals surface area (Å²) >= 11 is 18.0. The van der Waals surface area contributed by atoms with E-state index in [9.17, 15) is 14.7 Å². The molecule has 1 N–H and O–H groups in total. The second kappa shape index (κ2) is 11.1. The molecule has 2 aromatic carbocycles. The van der Waals surface area contributed by atoms with E-state index in [1.807, 2.05) is 28.8 Å². The minimum absolute atomic E-state index is 0.00443. The number of halogens is 2. The van der Waals surface area contributed by atoms with Crippen molar-refractivity contribution in [3.05, 3.63) is 93.8 Å². The van der Waals surface area contributed by atoms with E-state index < -0.39 is 5.97 Å². The van der Waals surface area contributed by atoms with E-state index in [2.05, 4.69) is 17.9 Å². The van der Waals surface area contributed by atoms with Crippen LogP contribution in [0.25, 0.3) is 27.7 Å². The second-order valence-corrected chi connectivity index (χ2v) is 11.5. The van der Waals surface area contributed by atoms with E-state index in [0.717, 1.165) is 33.2 Å². The number of rotatable bonds is 6. The Bertz CT molecular complexity index is 1780. The van der Waals surface area contributed by atoms with Crippen LogP contribution in [0.3, 0.4) is 0 Å². The van der Waals surface area contributed by atoms with Gasteiger partial charge in [-0.3, -0.25) is 0 Å². The number of aromatic nitrogens is 2. The van der Waals surface area contributed by atoms with Gasteiger partial charge in [-0.05, 0) is 0 Å². The van der Waals surface area contributed by atoms with Gasteiger partial charge in [0, 0.05) is 0 Å². The van der Waals surface area contributed by atoms with Crippen LogP contribution in [-0.4, -0.2) is 49.3 Å². The van der Waals surface area contributed by atoms with Gasteiger partial charge in [0.15, 0.2) is 0 Å². The Balaban J connectivity index is 1.48. The molecule has 1 aliphatic carbocycles. The Morgan fingerprint density at radius 2 is 1.90 bits per heavy atom. The Kier molecular flexibility index (Phi) is 7.50. The zero-order valence-corrected chi connectivity index (χ0v) is 24.4. The van der Waals surface area contributed by atoms with Gasteiger partial charge in [-0.1, -0.05) is 0 Å². The van der Waals surface area contributed by atoms with Crippen LogP contribution in [0, 0.1) is 0 Å². The van der Waals surface area contributed by atoms with E-state index in [4.69, 9.17) is 43.0 Å². The summed E-state index contributed by atoms with van der Waals surface area (Å²) in [7, 11) is 0. The summed E-state index contributed by atoms with van der Waals surface area (Å²) in [6, 6.07) is 11.1. The molecule has 1 aliphatic heterocycles. The number of allylic oxidation sites excluding steroid dienone is 1. The molecule has 2 aliphatic rings. The molecule has 10 heteroatoms. The fourth-order valence-corrected chi connectivity index (χ4v) is 6.87. The van der Waals surface area contributed by atoms with Crippen molar-refractivity contribution in [1.29, 1.82) is 0 Å². The zero-order chi connectivity index (χ0) is 28.8. The van der Waals surface area contributed by atoms with Crippen molar-refractivity contribution in [3.63, 3.8) is 0 Å². The molecule has 1 fully saturated rings. The van der Waals surface area contributed by atoms with Crippen LogP contribution in [0.15, 0.2) is 65.8 Å². The van der Waals surface area contributed by atoms with Crippen LogP contribution in [0.2, 0.25) is 10.0 Å². The van der Waals surface area contributed by atoms with Crippen molar-refractivity contribution < 1.29 is 34.5 Å². The number of amides is 1. The molecule has 4 aromatic rings. The SMILES string of the molecule is C=CC(=O)N1CCC(c2onc(-c3ccc(Cl)cc3Cl)c2[C](=[Co])n2cc3c4c(cccc42)/C(=C/C(=O)O)CC3)CC1. The Hall–Kier alpha value is -3.43. The van der Waals surface area contributed by atoms with Crippen molar-refractivity contribution in [3.8, 4) is 11.3 Å². The van der Waals surface area contributed by atoms with E-state index in [-0.39, 0.29) is 11.8 Å². The number of likely N-dealkylation sites (tertiary alicyclic amines) is 1. The van der Waals surface area contributed by atoms with Crippen LogP contribution >= 0.6 is 23.2 Å². The summed E-state index contributed by atoms with van der Waals surface area (Å²) in [6.07, 6.45) is 7.43. The van der Waals surface area contributed by atoms with E-state index in [1.54, 1.807) is 17.0 Å². The standard InChI is InChI=1S/C31H25Cl2N3O4.Co/c1-2-27(37)35-12-10-18(11-13-35)31-24(30(34-40-31)23-9-8-21(32)15-25(23)33)17-36-16-20-7-6-19(14-28(38)39)22-4-3-5-26(36)29(20)22;/h2-5,8-9,14-16,18H,1,6-7,10-13H2,(H,38,39);/b19-14+;. The van der Waals surface area contributed by atoms with Crippen molar-refractivity contribution in [2.45, 2.75) is 31.6 Å². The molecule has 0 radical (unpaired) electrons. The summed E-state index contributed by atoms with van der Waals surface area (Å²) in [4.78, 5) is 25.5. The molecule has 0 bridgehead atoms. The summed E-state index contributed by atoms with van der Waals surface area (Å²) in [5, 5.41) is 15.9. The summed E-state index contributed by atoms with van der Waals surface area (Å²) in [6.45, 7) is 4.76. The van der Waals surface area contributed by atoms with Gasteiger partial charge in [0.1, 0.15) is 0 Å². The van der Waals surface area contributed by atoms with Gasteiger partial charge in [0.25, 0.3) is 0 Å². The third kappa shape index (κ3) is 4.99. The van der Waals surface area contributed by atoms with Gasteiger partial charge >= 0.3 is 255 Å². The normalized spacial score (nSPS) is 16.4. The maximum atomic E-state index is 12.2. The minimum atomic E-state index is -0.958. The van der Waals surface area contributed by atoms with Crippen LogP contribution in [0.5, 0.6) is 0 Å². The van der Waals surface area contributed by atoms with E-state index in [1.165, 1.54) is 12.2 Å². The van der Waals surface area contributed by atoms with Crippen molar-refractivity contribution in [2.24, 2.45) is 0 Å². The van der Waals surface area contributed by atoms with Crippen molar-refractivity contribution >= 4 is 56.1 Å².